The highest BCUT2D eigenvalue weighted by molar-refractivity contribution is 5.99. The minimum Gasteiger partial charge on any atom is -0.493 e. The number of rotatable bonds is 7. The number of anilines is 1. The normalized spacial score (nSPS) is 15.0. The lowest BCUT2D eigenvalue weighted by Crippen LogP contribution is -2.32. The third-order valence-electron chi connectivity index (χ3n) is 5.06. The minimum absolute atomic E-state index is 0.0631. The smallest absolute Gasteiger partial charge is 0.258 e. The van der Waals surface area contributed by atoms with Crippen molar-refractivity contribution in [3.05, 3.63) is 77.6 Å². The highest BCUT2D eigenvalue weighted by Gasteiger charge is 2.38. The Bertz CT molecular complexity index is 1030. The number of pyridine rings is 1. The molecule has 1 aromatic heterocycles. The van der Waals surface area contributed by atoms with Crippen molar-refractivity contribution >= 4 is 11.6 Å². The van der Waals surface area contributed by atoms with Gasteiger partial charge in [-0.1, -0.05) is 30.3 Å². The topological polar surface area (TPSA) is 72.9 Å². The molecule has 4 rings (SSSR count). The Morgan fingerprint density at radius 3 is 2.30 bits per heavy atom. The maximum Gasteiger partial charge on any atom is 0.258 e. The molecule has 0 radical (unpaired) electrons. The molecule has 2 heterocycles. The maximum atomic E-state index is 13.1. The van der Waals surface area contributed by atoms with E-state index in [-0.39, 0.29) is 5.91 Å². The first-order chi connectivity index (χ1) is 14.7. The molecular weight excluding hydrogens is 382 g/mol. The second kappa shape index (κ2) is 8.32. The number of carbonyl (C=O) groups is 1. The fraction of sp³-hybridized carbons (Fsp3) is 0.217. The molecule has 0 saturated carbocycles. The van der Waals surface area contributed by atoms with Crippen molar-refractivity contribution in [3.63, 3.8) is 0 Å². The summed E-state index contributed by atoms with van der Waals surface area (Å²) in [5.41, 5.74) is 3.04. The second-order valence-electron chi connectivity index (χ2n) is 6.82. The molecule has 3 aromatic rings. The molecule has 1 amide bonds. The Morgan fingerprint density at radius 2 is 1.67 bits per heavy atom. The third kappa shape index (κ3) is 3.50. The van der Waals surface area contributed by atoms with E-state index in [1.165, 1.54) is 0 Å². The molecular formula is C23H23N3O4. The number of benzene rings is 2. The van der Waals surface area contributed by atoms with E-state index in [0.29, 0.717) is 35.1 Å². The zero-order valence-corrected chi connectivity index (χ0v) is 17.1. The quantitative estimate of drug-likeness (QED) is 0.643. The van der Waals surface area contributed by atoms with Gasteiger partial charge in [0.15, 0.2) is 11.5 Å². The minimum atomic E-state index is -0.434. The van der Waals surface area contributed by atoms with Gasteiger partial charge in [0.1, 0.15) is 6.17 Å². The molecule has 2 aromatic carbocycles. The van der Waals surface area contributed by atoms with Crippen LogP contribution in [0.3, 0.4) is 0 Å². The van der Waals surface area contributed by atoms with Crippen molar-refractivity contribution in [2.24, 2.45) is 0 Å². The van der Waals surface area contributed by atoms with Gasteiger partial charge in [0.2, 0.25) is 5.75 Å². The van der Waals surface area contributed by atoms with E-state index in [2.05, 4.69) is 10.3 Å². The molecule has 1 atom stereocenters. The van der Waals surface area contributed by atoms with E-state index < -0.39 is 6.17 Å². The lowest BCUT2D eigenvalue weighted by atomic mass is 10.2. The number of nitrogens with zero attached hydrogens (tertiary/aromatic N) is 2. The van der Waals surface area contributed by atoms with Crippen LogP contribution in [0.2, 0.25) is 0 Å². The Labute approximate surface area is 175 Å². The summed E-state index contributed by atoms with van der Waals surface area (Å²) in [4.78, 5) is 19.4. The third-order valence-corrected chi connectivity index (χ3v) is 5.06. The van der Waals surface area contributed by atoms with Crippen LogP contribution in [0.5, 0.6) is 17.2 Å². The van der Waals surface area contributed by atoms with Gasteiger partial charge in [-0.15, -0.1) is 0 Å². The van der Waals surface area contributed by atoms with Crippen LogP contribution >= 0.6 is 0 Å². The lowest BCUT2D eigenvalue weighted by molar-refractivity contribution is 0.0727. The molecule has 1 N–H and O–H groups in total. The van der Waals surface area contributed by atoms with Crippen LogP contribution in [0.15, 0.2) is 60.8 Å². The number of methoxy groups -OCH3 is 3. The van der Waals surface area contributed by atoms with E-state index in [0.717, 1.165) is 11.3 Å². The fourth-order valence-electron chi connectivity index (χ4n) is 3.65. The monoisotopic (exact) mass is 405 g/mol. The van der Waals surface area contributed by atoms with Gasteiger partial charge in [0.25, 0.3) is 5.91 Å². The number of amides is 1. The van der Waals surface area contributed by atoms with E-state index in [9.17, 15) is 4.79 Å². The number of carbonyl (C=O) groups excluding carboxylic acids is 1. The van der Waals surface area contributed by atoms with Crippen LogP contribution in [-0.2, 0) is 6.54 Å². The number of nitrogens with one attached hydrogen (secondary N) is 1. The summed E-state index contributed by atoms with van der Waals surface area (Å²) < 4.78 is 16.3. The van der Waals surface area contributed by atoms with Crippen LogP contribution in [-0.4, -0.2) is 37.1 Å². The summed E-state index contributed by atoms with van der Waals surface area (Å²) in [6, 6.07) is 17.1. The van der Waals surface area contributed by atoms with Crippen molar-refractivity contribution in [1.82, 2.24) is 9.88 Å². The van der Waals surface area contributed by atoms with Crippen molar-refractivity contribution in [1.29, 1.82) is 0 Å². The van der Waals surface area contributed by atoms with Crippen LogP contribution in [0.1, 0.15) is 27.8 Å². The summed E-state index contributed by atoms with van der Waals surface area (Å²) >= 11 is 0. The Kier molecular flexibility index (Phi) is 5.43. The molecule has 1 aliphatic rings. The maximum absolute atomic E-state index is 13.1. The SMILES string of the molecule is COc1cc(N[C@@H]2c3ncccc3C(=O)N2Cc2ccccc2)cc(OC)c1OC. The van der Waals surface area contributed by atoms with Gasteiger partial charge < -0.3 is 24.4 Å². The van der Waals surface area contributed by atoms with Gasteiger partial charge in [-0.05, 0) is 17.7 Å². The van der Waals surface area contributed by atoms with Gasteiger partial charge in [-0.25, -0.2) is 0 Å². The number of ether oxygens (including phenoxy) is 3. The molecule has 154 valence electrons. The second-order valence-corrected chi connectivity index (χ2v) is 6.82. The Hall–Kier alpha value is -3.74. The average Bonchev–Trinajstić information content (AvgIpc) is 3.05. The Morgan fingerprint density at radius 1 is 0.967 bits per heavy atom. The molecule has 0 aliphatic carbocycles. The van der Waals surface area contributed by atoms with Crippen molar-refractivity contribution in [2.45, 2.75) is 12.7 Å². The molecule has 0 fully saturated rings. The number of fused-ring (bicyclic) bond motifs is 1. The first-order valence-corrected chi connectivity index (χ1v) is 9.52. The van der Waals surface area contributed by atoms with Crippen molar-refractivity contribution in [2.75, 3.05) is 26.6 Å². The summed E-state index contributed by atoms with van der Waals surface area (Å²) in [6.45, 7) is 0.456. The number of aromatic nitrogens is 1. The molecule has 0 saturated heterocycles. The van der Waals surface area contributed by atoms with Gasteiger partial charge in [-0.3, -0.25) is 9.78 Å². The predicted octanol–water partition coefficient (Wildman–Crippen LogP) is 3.87. The van der Waals surface area contributed by atoms with Crippen molar-refractivity contribution < 1.29 is 19.0 Å². The van der Waals surface area contributed by atoms with Gasteiger partial charge >= 0.3 is 0 Å². The lowest BCUT2D eigenvalue weighted by Gasteiger charge is -2.27. The zero-order valence-electron chi connectivity index (χ0n) is 17.1. The van der Waals surface area contributed by atoms with Gasteiger partial charge in [-0.2, -0.15) is 0 Å². The molecule has 0 bridgehead atoms. The van der Waals surface area contributed by atoms with E-state index in [1.54, 1.807) is 44.6 Å². The zero-order chi connectivity index (χ0) is 21.1. The number of hydrogen-bond acceptors (Lipinski definition) is 6. The summed E-state index contributed by atoms with van der Waals surface area (Å²) in [5.74, 6) is 1.50. The van der Waals surface area contributed by atoms with Crippen LogP contribution in [0.4, 0.5) is 5.69 Å². The molecule has 1 aliphatic heterocycles. The fourth-order valence-corrected chi connectivity index (χ4v) is 3.65. The largest absolute Gasteiger partial charge is 0.493 e. The summed E-state index contributed by atoms with van der Waals surface area (Å²) in [6.07, 6.45) is 1.26. The van der Waals surface area contributed by atoms with Crippen LogP contribution in [0, 0.1) is 0 Å². The standard InChI is InChI=1S/C23H23N3O4/c1-28-18-12-16(13-19(29-2)21(18)30-3)25-22-20-17(10-7-11-24-20)23(27)26(22)14-15-8-5-4-6-9-15/h4-13,22,25H,14H2,1-3H3/t22-/m0/s1. The molecule has 7 heteroatoms. The van der Waals surface area contributed by atoms with E-state index in [4.69, 9.17) is 14.2 Å². The summed E-state index contributed by atoms with van der Waals surface area (Å²) in [5, 5.41) is 3.43. The summed E-state index contributed by atoms with van der Waals surface area (Å²) in [7, 11) is 4.70. The molecule has 0 spiro atoms. The van der Waals surface area contributed by atoms with Crippen LogP contribution < -0.4 is 19.5 Å². The van der Waals surface area contributed by atoms with Crippen LogP contribution in [0.25, 0.3) is 0 Å². The van der Waals surface area contributed by atoms with E-state index in [1.807, 2.05) is 42.5 Å². The van der Waals surface area contributed by atoms with E-state index >= 15 is 0 Å². The first-order valence-electron chi connectivity index (χ1n) is 9.52. The van der Waals surface area contributed by atoms with Gasteiger partial charge in [0, 0.05) is 30.6 Å². The first kappa shape index (κ1) is 19.6. The molecule has 7 nitrogen and oxygen atoms in total. The molecule has 30 heavy (non-hydrogen) atoms. The average molecular weight is 405 g/mol. The van der Waals surface area contributed by atoms with Gasteiger partial charge in [0.05, 0.1) is 32.6 Å². The predicted molar refractivity (Wildman–Crippen MR) is 113 cm³/mol. The van der Waals surface area contributed by atoms with Crippen molar-refractivity contribution in [3.8, 4) is 17.2 Å². The molecule has 0 unspecified atom stereocenters. The Balaban J connectivity index is 1.72. The number of hydrogen-bond donors (Lipinski definition) is 1. The highest BCUT2D eigenvalue weighted by Crippen LogP contribution is 2.42. The highest BCUT2D eigenvalue weighted by atomic mass is 16.5.